The number of hydrogen-bond acceptors (Lipinski definition) is 1. The second-order valence-electron chi connectivity index (χ2n) is 1.46. The highest BCUT2D eigenvalue weighted by molar-refractivity contribution is 5.92. The van der Waals surface area contributed by atoms with Gasteiger partial charge in [0, 0.05) is 12.8 Å². The van der Waals surface area contributed by atoms with E-state index in [9.17, 15) is 0 Å². The van der Waals surface area contributed by atoms with Crippen molar-refractivity contribution >= 4 is 5.71 Å². The van der Waals surface area contributed by atoms with Crippen molar-refractivity contribution in [3.63, 3.8) is 0 Å². The van der Waals surface area contributed by atoms with E-state index in [1.165, 1.54) is 0 Å². The summed E-state index contributed by atoms with van der Waals surface area (Å²) in [4.78, 5) is 3.91. The molecular formula is C7H11N. The molecule has 0 aromatic carbocycles. The summed E-state index contributed by atoms with van der Waals surface area (Å²) < 4.78 is 0. The first-order valence-electron chi connectivity index (χ1n) is 2.53. The molecule has 1 heteroatoms. The summed E-state index contributed by atoms with van der Waals surface area (Å²) >= 11 is 0. The summed E-state index contributed by atoms with van der Waals surface area (Å²) in [5.41, 5.74) is 1.02. The highest BCUT2D eigenvalue weighted by Gasteiger charge is 1.72. The highest BCUT2D eigenvalue weighted by Crippen LogP contribution is 1.78. The Balaban J connectivity index is 3.69. The molecule has 0 heterocycles. The van der Waals surface area contributed by atoms with E-state index < -0.39 is 0 Å². The molecule has 0 saturated heterocycles. The van der Waals surface area contributed by atoms with Crippen molar-refractivity contribution in [3.05, 3.63) is 24.8 Å². The topological polar surface area (TPSA) is 12.4 Å². The lowest BCUT2D eigenvalue weighted by molar-refractivity contribution is 1.43. The van der Waals surface area contributed by atoms with Gasteiger partial charge in [-0.15, -0.1) is 0 Å². The number of allylic oxidation sites excluding steroid dienone is 3. The van der Waals surface area contributed by atoms with Crippen LogP contribution in [0.25, 0.3) is 0 Å². The van der Waals surface area contributed by atoms with Gasteiger partial charge in [-0.3, -0.25) is 4.99 Å². The van der Waals surface area contributed by atoms with Gasteiger partial charge in [0.2, 0.25) is 0 Å². The Kier molecular flexibility index (Phi) is 3.85. The Bertz CT molecular complexity index is 120. The molecule has 0 aliphatic carbocycles. The average Bonchev–Trinajstić information content (AvgIpc) is 1.83. The molecule has 0 amide bonds. The molecule has 0 spiro atoms. The second-order valence-corrected chi connectivity index (χ2v) is 1.46. The normalized spacial score (nSPS) is 12.5. The summed E-state index contributed by atoms with van der Waals surface area (Å²) in [5, 5.41) is 0. The lowest BCUT2D eigenvalue weighted by Crippen LogP contribution is -1.79. The Morgan fingerprint density at radius 2 is 2.25 bits per heavy atom. The third-order valence-electron chi connectivity index (χ3n) is 0.826. The third kappa shape index (κ3) is 3.34. The van der Waals surface area contributed by atoms with Gasteiger partial charge in [0.25, 0.3) is 0 Å². The van der Waals surface area contributed by atoms with Crippen LogP contribution in [0.2, 0.25) is 0 Å². The smallest absolute Gasteiger partial charge is 0.0313 e. The van der Waals surface area contributed by atoms with Crippen molar-refractivity contribution in [2.75, 3.05) is 7.05 Å². The zero-order valence-electron chi connectivity index (χ0n) is 5.39. The Morgan fingerprint density at radius 1 is 1.62 bits per heavy atom. The Labute approximate surface area is 50.4 Å². The summed E-state index contributed by atoms with van der Waals surface area (Å²) in [7, 11) is 1.77. The molecule has 44 valence electrons. The van der Waals surface area contributed by atoms with Gasteiger partial charge in [-0.1, -0.05) is 18.7 Å². The van der Waals surface area contributed by atoms with E-state index in [1.807, 2.05) is 19.1 Å². The molecule has 0 aliphatic rings. The number of nitrogens with zero attached hydrogens (tertiary/aromatic N) is 1. The van der Waals surface area contributed by atoms with Gasteiger partial charge >= 0.3 is 0 Å². The van der Waals surface area contributed by atoms with Crippen molar-refractivity contribution < 1.29 is 0 Å². The quantitative estimate of drug-likeness (QED) is 0.379. The molecule has 1 nitrogen and oxygen atoms in total. The van der Waals surface area contributed by atoms with E-state index in [0.717, 1.165) is 5.71 Å². The lowest BCUT2D eigenvalue weighted by Gasteiger charge is -1.81. The fourth-order valence-electron chi connectivity index (χ4n) is 0.282. The molecule has 0 N–H and O–H groups in total. The van der Waals surface area contributed by atoms with E-state index in [0.29, 0.717) is 0 Å². The molecule has 0 bridgehead atoms. The summed E-state index contributed by atoms with van der Waals surface area (Å²) in [6, 6.07) is 0. The van der Waals surface area contributed by atoms with E-state index in [1.54, 1.807) is 13.1 Å². The molecule has 0 rings (SSSR count). The maximum atomic E-state index is 3.91. The number of hydrogen-bond donors (Lipinski definition) is 0. The van der Waals surface area contributed by atoms with E-state index in [-0.39, 0.29) is 0 Å². The van der Waals surface area contributed by atoms with Crippen LogP contribution in [0, 0.1) is 0 Å². The second kappa shape index (κ2) is 4.31. The monoisotopic (exact) mass is 109 g/mol. The van der Waals surface area contributed by atoms with Gasteiger partial charge in [-0.25, -0.2) is 0 Å². The Hall–Kier alpha value is -0.850. The minimum atomic E-state index is 1.02. The molecule has 0 radical (unpaired) electrons. The Morgan fingerprint density at radius 3 is 2.62 bits per heavy atom. The van der Waals surface area contributed by atoms with Crippen LogP contribution in [0.4, 0.5) is 0 Å². The van der Waals surface area contributed by atoms with Gasteiger partial charge in [0.15, 0.2) is 0 Å². The first-order chi connectivity index (χ1) is 3.81. The summed E-state index contributed by atoms with van der Waals surface area (Å²) in [6.07, 6.45) is 5.50. The van der Waals surface area contributed by atoms with Crippen LogP contribution >= 0.6 is 0 Å². The maximum Gasteiger partial charge on any atom is 0.0313 e. The van der Waals surface area contributed by atoms with E-state index in [4.69, 9.17) is 0 Å². The molecule has 0 aromatic heterocycles. The highest BCUT2D eigenvalue weighted by atomic mass is 14.7. The minimum Gasteiger partial charge on any atom is -0.293 e. The largest absolute Gasteiger partial charge is 0.293 e. The van der Waals surface area contributed by atoms with Crippen LogP contribution < -0.4 is 0 Å². The van der Waals surface area contributed by atoms with Crippen molar-refractivity contribution in [2.24, 2.45) is 4.99 Å². The van der Waals surface area contributed by atoms with Gasteiger partial charge in [0.1, 0.15) is 0 Å². The predicted molar refractivity (Wildman–Crippen MR) is 38.4 cm³/mol. The van der Waals surface area contributed by atoms with Crippen molar-refractivity contribution in [3.8, 4) is 0 Å². The fourth-order valence-corrected chi connectivity index (χ4v) is 0.282. The van der Waals surface area contributed by atoms with Gasteiger partial charge in [-0.2, -0.15) is 0 Å². The maximum absolute atomic E-state index is 3.91. The standard InChI is InChI=1S/C7H11N/c1-4-5-6-7(2)8-3/h4-6H,1H2,2-3H3/b6-5-,8-7-. The van der Waals surface area contributed by atoms with E-state index in [2.05, 4.69) is 11.6 Å². The van der Waals surface area contributed by atoms with Gasteiger partial charge in [-0.05, 0) is 13.0 Å². The van der Waals surface area contributed by atoms with Crippen LogP contribution in [0.3, 0.4) is 0 Å². The zero-order valence-corrected chi connectivity index (χ0v) is 5.39. The van der Waals surface area contributed by atoms with Crippen LogP contribution in [0.1, 0.15) is 6.92 Å². The molecule has 0 unspecified atom stereocenters. The van der Waals surface area contributed by atoms with E-state index >= 15 is 0 Å². The number of rotatable bonds is 2. The predicted octanol–water partition coefficient (Wildman–Crippen LogP) is 1.82. The van der Waals surface area contributed by atoms with Crippen LogP contribution in [-0.2, 0) is 0 Å². The fraction of sp³-hybridized carbons (Fsp3) is 0.286. The van der Waals surface area contributed by atoms with Crippen molar-refractivity contribution in [1.82, 2.24) is 0 Å². The molecule has 0 saturated carbocycles. The molecule has 0 aromatic rings. The molecule has 0 fully saturated rings. The average molecular weight is 109 g/mol. The summed E-state index contributed by atoms with van der Waals surface area (Å²) in [5.74, 6) is 0. The SMILES string of the molecule is C=C/C=C\C(C)=N/C. The molecule has 0 aliphatic heterocycles. The molecule has 0 atom stereocenters. The first kappa shape index (κ1) is 7.15. The zero-order chi connectivity index (χ0) is 6.41. The number of aliphatic imine (C=N–C) groups is 1. The van der Waals surface area contributed by atoms with Crippen LogP contribution in [0.5, 0.6) is 0 Å². The molecule has 8 heavy (non-hydrogen) atoms. The van der Waals surface area contributed by atoms with Crippen molar-refractivity contribution in [2.45, 2.75) is 6.92 Å². The first-order valence-corrected chi connectivity index (χ1v) is 2.53. The molecular weight excluding hydrogens is 98.1 g/mol. The lowest BCUT2D eigenvalue weighted by atomic mass is 10.4. The van der Waals surface area contributed by atoms with Gasteiger partial charge < -0.3 is 0 Å². The van der Waals surface area contributed by atoms with Crippen LogP contribution in [0.15, 0.2) is 29.8 Å². The van der Waals surface area contributed by atoms with Crippen molar-refractivity contribution in [1.29, 1.82) is 0 Å². The van der Waals surface area contributed by atoms with Crippen LogP contribution in [-0.4, -0.2) is 12.8 Å². The minimum absolute atomic E-state index is 1.02. The third-order valence-corrected chi connectivity index (χ3v) is 0.826. The van der Waals surface area contributed by atoms with Gasteiger partial charge in [0.05, 0.1) is 0 Å². The summed E-state index contributed by atoms with van der Waals surface area (Å²) in [6.45, 7) is 5.47.